The minimum absolute atomic E-state index is 0.0309. The normalized spacial score (nSPS) is 12.1. The fraction of sp³-hybridized carbons (Fsp3) is 0.462. The van der Waals surface area contributed by atoms with Crippen molar-refractivity contribution in [2.24, 2.45) is 0 Å². The molecule has 1 rings (SSSR count). The SMILES string of the molecule is COCC(C)N(C)C(=O)c1ccc(OC)c(Br)c1. The Hall–Kier alpha value is -1.07. The Morgan fingerprint density at radius 1 is 1.44 bits per heavy atom. The molecule has 0 aliphatic rings. The van der Waals surface area contributed by atoms with Crippen LogP contribution in [0.1, 0.15) is 17.3 Å². The van der Waals surface area contributed by atoms with Gasteiger partial charge in [-0.2, -0.15) is 0 Å². The lowest BCUT2D eigenvalue weighted by Gasteiger charge is -2.24. The topological polar surface area (TPSA) is 38.8 Å². The molecule has 5 heteroatoms. The molecule has 4 nitrogen and oxygen atoms in total. The molecule has 0 bridgehead atoms. The molecule has 0 aliphatic carbocycles. The van der Waals surface area contributed by atoms with Crippen molar-refractivity contribution in [1.29, 1.82) is 0 Å². The number of rotatable bonds is 5. The van der Waals surface area contributed by atoms with E-state index in [-0.39, 0.29) is 11.9 Å². The fourth-order valence-electron chi connectivity index (χ4n) is 1.56. The summed E-state index contributed by atoms with van der Waals surface area (Å²) in [6.45, 7) is 2.46. The van der Waals surface area contributed by atoms with E-state index in [1.807, 2.05) is 6.92 Å². The molecule has 0 heterocycles. The number of hydrogen-bond donors (Lipinski definition) is 0. The number of ether oxygens (including phenoxy) is 2. The summed E-state index contributed by atoms with van der Waals surface area (Å²) >= 11 is 3.37. The van der Waals surface area contributed by atoms with Gasteiger partial charge in [-0.3, -0.25) is 4.79 Å². The first-order chi connectivity index (χ1) is 8.51. The molecule has 0 spiro atoms. The minimum Gasteiger partial charge on any atom is -0.496 e. The highest BCUT2D eigenvalue weighted by Gasteiger charge is 2.18. The van der Waals surface area contributed by atoms with Crippen LogP contribution in [0.15, 0.2) is 22.7 Å². The number of nitrogens with zero attached hydrogens (tertiary/aromatic N) is 1. The zero-order chi connectivity index (χ0) is 13.7. The van der Waals surface area contributed by atoms with Gasteiger partial charge in [-0.1, -0.05) is 0 Å². The van der Waals surface area contributed by atoms with Crippen LogP contribution in [-0.4, -0.2) is 44.7 Å². The summed E-state index contributed by atoms with van der Waals surface area (Å²) in [6.07, 6.45) is 0. The molecular formula is C13H18BrNO3. The maximum atomic E-state index is 12.2. The number of amides is 1. The van der Waals surface area contributed by atoms with E-state index in [0.29, 0.717) is 17.9 Å². The smallest absolute Gasteiger partial charge is 0.253 e. The van der Waals surface area contributed by atoms with Crippen LogP contribution in [0.4, 0.5) is 0 Å². The first kappa shape index (κ1) is 15.0. The van der Waals surface area contributed by atoms with Gasteiger partial charge in [0.2, 0.25) is 0 Å². The van der Waals surface area contributed by atoms with Gasteiger partial charge in [0.1, 0.15) is 5.75 Å². The van der Waals surface area contributed by atoms with Crippen molar-refractivity contribution in [2.75, 3.05) is 27.9 Å². The predicted octanol–water partition coefficient (Wildman–Crippen LogP) is 2.56. The Labute approximate surface area is 116 Å². The number of carbonyl (C=O) groups excluding carboxylic acids is 1. The standard InChI is InChI=1S/C13H18BrNO3/c1-9(8-17-3)15(2)13(16)10-5-6-12(18-4)11(14)7-10/h5-7,9H,8H2,1-4H3. The highest BCUT2D eigenvalue weighted by Crippen LogP contribution is 2.26. The van der Waals surface area contributed by atoms with Crippen LogP contribution in [-0.2, 0) is 4.74 Å². The van der Waals surface area contributed by atoms with Crippen LogP contribution >= 0.6 is 15.9 Å². The second-order valence-corrected chi connectivity index (χ2v) is 4.92. The third-order valence-electron chi connectivity index (χ3n) is 2.79. The van der Waals surface area contributed by atoms with Crippen molar-refractivity contribution in [3.8, 4) is 5.75 Å². The minimum atomic E-state index is -0.0390. The highest BCUT2D eigenvalue weighted by molar-refractivity contribution is 9.10. The van der Waals surface area contributed by atoms with Gasteiger partial charge >= 0.3 is 0 Å². The average molecular weight is 316 g/mol. The fourth-order valence-corrected chi connectivity index (χ4v) is 2.10. The van der Waals surface area contributed by atoms with Crippen LogP contribution < -0.4 is 4.74 Å². The van der Waals surface area contributed by atoms with E-state index in [4.69, 9.17) is 9.47 Å². The van der Waals surface area contributed by atoms with Crippen molar-refractivity contribution in [1.82, 2.24) is 4.90 Å². The Bertz CT molecular complexity index is 423. The molecule has 0 aliphatic heterocycles. The summed E-state index contributed by atoms with van der Waals surface area (Å²) in [4.78, 5) is 13.9. The molecule has 18 heavy (non-hydrogen) atoms. The molecular weight excluding hydrogens is 298 g/mol. The Morgan fingerprint density at radius 3 is 2.61 bits per heavy atom. The van der Waals surface area contributed by atoms with Gasteiger partial charge in [0.05, 0.1) is 24.2 Å². The molecule has 0 aromatic heterocycles. The van der Waals surface area contributed by atoms with Crippen LogP contribution in [0, 0.1) is 0 Å². The third kappa shape index (κ3) is 3.46. The van der Waals surface area contributed by atoms with Crippen molar-refractivity contribution < 1.29 is 14.3 Å². The van der Waals surface area contributed by atoms with Gasteiger partial charge < -0.3 is 14.4 Å². The van der Waals surface area contributed by atoms with Gasteiger partial charge in [0, 0.05) is 19.7 Å². The largest absolute Gasteiger partial charge is 0.496 e. The third-order valence-corrected chi connectivity index (χ3v) is 3.41. The summed E-state index contributed by atoms with van der Waals surface area (Å²) in [5.41, 5.74) is 0.619. The van der Waals surface area contributed by atoms with Crippen molar-refractivity contribution in [2.45, 2.75) is 13.0 Å². The first-order valence-electron chi connectivity index (χ1n) is 5.61. The second-order valence-electron chi connectivity index (χ2n) is 4.07. The Morgan fingerprint density at radius 2 is 2.11 bits per heavy atom. The number of hydrogen-bond acceptors (Lipinski definition) is 3. The number of likely N-dealkylation sites (N-methyl/N-ethyl adjacent to an activating group) is 1. The van der Waals surface area contributed by atoms with Crippen molar-refractivity contribution in [3.63, 3.8) is 0 Å². The highest BCUT2D eigenvalue weighted by atomic mass is 79.9. The van der Waals surface area contributed by atoms with E-state index >= 15 is 0 Å². The van der Waals surface area contributed by atoms with Gasteiger partial charge in [-0.25, -0.2) is 0 Å². The quantitative estimate of drug-likeness (QED) is 0.838. The molecule has 1 aromatic carbocycles. The molecule has 0 fully saturated rings. The number of carbonyl (C=O) groups is 1. The summed E-state index contributed by atoms with van der Waals surface area (Å²) < 4.78 is 10.9. The molecule has 0 saturated heterocycles. The zero-order valence-corrected chi connectivity index (χ0v) is 12.7. The van der Waals surface area contributed by atoms with Gasteiger partial charge in [0.25, 0.3) is 5.91 Å². The lowest BCUT2D eigenvalue weighted by atomic mass is 10.1. The van der Waals surface area contributed by atoms with Crippen LogP contribution in [0.3, 0.4) is 0 Å². The van der Waals surface area contributed by atoms with E-state index < -0.39 is 0 Å². The maximum Gasteiger partial charge on any atom is 0.253 e. The average Bonchev–Trinajstić information content (AvgIpc) is 2.37. The Kier molecular flexibility index (Phi) is 5.62. The van der Waals surface area contributed by atoms with Crippen molar-refractivity contribution in [3.05, 3.63) is 28.2 Å². The van der Waals surface area contributed by atoms with E-state index in [9.17, 15) is 4.79 Å². The summed E-state index contributed by atoms with van der Waals surface area (Å²) in [7, 11) is 4.98. The molecule has 0 radical (unpaired) electrons. The van der Waals surface area contributed by atoms with Crippen LogP contribution in [0.2, 0.25) is 0 Å². The van der Waals surface area contributed by atoms with E-state index in [1.165, 1.54) is 0 Å². The lowest BCUT2D eigenvalue weighted by Crippen LogP contribution is -2.37. The Balaban J connectivity index is 2.87. The molecule has 0 saturated carbocycles. The second kappa shape index (κ2) is 6.75. The molecule has 1 unspecified atom stereocenters. The molecule has 0 N–H and O–H groups in total. The zero-order valence-electron chi connectivity index (χ0n) is 11.1. The summed E-state index contributed by atoms with van der Waals surface area (Å²) in [5.74, 6) is 0.669. The van der Waals surface area contributed by atoms with E-state index in [0.717, 1.165) is 4.47 Å². The summed E-state index contributed by atoms with van der Waals surface area (Å²) in [5, 5.41) is 0. The summed E-state index contributed by atoms with van der Waals surface area (Å²) in [6, 6.07) is 5.31. The van der Waals surface area contributed by atoms with Crippen LogP contribution in [0.25, 0.3) is 0 Å². The van der Waals surface area contributed by atoms with Gasteiger partial charge in [-0.05, 0) is 41.1 Å². The van der Waals surface area contributed by atoms with E-state index in [2.05, 4.69) is 15.9 Å². The lowest BCUT2D eigenvalue weighted by molar-refractivity contribution is 0.0633. The monoisotopic (exact) mass is 315 g/mol. The predicted molar refractivity (Wildman–Crippen MR) is 74.1 cm³/mol. The van der Waals surface area contributed by atoms with Gasteiger partial charge in [-0.15, -0.1) is 0 Å². The number of methoxy groups -OCH3 is 2. The molecule has 1 aromatic rings. The molecule has 1 atom stereocenters. The van der Waals surface area contributed by atoms with Crippen LogP contribution in [0.5, 0.6) is 5.75 Å². The van der Waals surface area contributed by atoms with Gasteiger partial charge in [0.15, 0.2) is 0 Å². The molecule has 100 valence electrons. The molecule has 1 amide bonds. The van der Waals surface area contributed by atoms with E-state index in [1.54, 1.807) is 44.4 Å². The number of halogens is 1. The first-order valence-corrected chi connectivity index (χ1v) is 6.40. The number of benzene rings is 1. The van der Waals surface area contributed by atoms with Crippen molar-refractivity contribution >= 4 is 21.8 Å². The maximum absolute atomic E-state index is 12.2.